The molecule has 8 heteroatoms. The molecule has 5 nitrogen and oxygen atoms in total. The first-order chi connectivity index (χ1) is 12.6. The largest absolute Gasteiger partial charge is 0.352 e. The van der Waals surface area contributed by atoms with Gasteiger partial charge in [-0.3, -0.25) is 9.59 Å². The number of amides is 2. The Balaban J connectivity index is 1.47. The van der Waals surface area contributed by atoms with Crippen molar-refractivity contribution in [1.29, 1.82) is 0 Å². The van der Waals surface area contributed by atoms with Crippen molar-refractivity contribution >= 4 is 39.6 Å². The van der Waals surface area contributed by atoms with Crippen LogP contribution in [0.4, 0.5) is 9.52 Å². The van der Waals surface area contributed by atoms with Gasteiger partial charge in [0.05, 0.1) is 18.5 Å². The number of halogens is 1. The number of nitrogens with zero attached hydrogens (tertiary/aromatic N) is 1. The summed E-state index contributed by atoms with van der Waals surface area (Å²) in [7, 11) is 0. The first-order valence-electron chi connectivity index (χ1n) is 7.87. The van der Waals surface area contributed by atoms with Gasteiger partial charge < -0.3 is 10.6 Å². The highest BCUT2D eigenvalue weighted by Gasteiger charge is 2.11. The van der Waals surface area contributed by atoms with Gasteiger partial charge in [0, 0.05) is 22.4 Å². The second-order valence-corrected chi connectivity index (χ2v) is 7.38. The Bertz CT molecular complexity index is 893. The van der Waals surface area contributed by atoms with E-state index in [2.05, 4.69) is 15.6 Å². The summed E-state index contributed by atoms with van der Waals surface area (Å²) in [5.74, 6) is -0.746. The fraction of sp³-hybridized carbons (Fsp3) is 0.167. The Labute approximate surface area is 157 Å². The third-order valence-electron chi connectivity index (χ3n) is 3.49. The minimum absolute atomic E-state index is 0.0751. The normalized spacial score (nSPS) is 10.5. The van der Waals surface area contributed by atoms with Gasteiger partial charge in [0.1, 0.15) is 5.82 Å². The summed E-state index contributed by atoms with van der Waals surface area (Å²) in [5, 5.41) is 9.51. The van der Waals surface area contributed by atoms with Gasteiger partial charge in [0.25, 0.3) is 0 Å². The molecule has 3 aromatic rings. The molecule has 26 heavy (non-hydrogen) atoms. The van der Waals surface area contributed by atoms with Gasteiger partial charge in [0.15, 0.2) is 5.13 Å². The molecule has 1 aromatic carbocycles. The van der Waals surface area contributed by atoms with Crippen molar-refractivity contribution in [2.45, 2.75) is 19.4 Å². The highest BCUT2D eigenvalue weighted by molar-refractivity contribution is 7.14. The van der Waals surface area contributed by atoms with Gasteiger partial charge in [-0.25, -0.2) is 9.37 Å². The predicted molar refractivity (Wildman–Crippen MR) is 101 cm³/mol. The summed E-state index contributed by atoms with van der Waals surface area (Å²) in [4.78, 5) is 29.2. The fourth-order valence-corrected chi connectivity index (χ4v) is 3.67. The van der Waals surface area contributed by atoms with Crippen molar-refractivity contribution in [2.24, 2.45) is 0 Å². The molecule has 134 valence electrons. The standard InChI is InChI=1S/C18H16FN3O2S2/c19-15-6-2-1-4-12(15)10-20-16(23)8-13-11-26-18(21-13)22-17(24)9-14-5-3-7-25-14/h1-7,11H,8-10H2,(H,20,23)(H,21,22,24). The summed E-state index contributed by atoms with van der Waals surface area (Å²) in [6.07, 6.45) is 0.376. The second-order valence-electron chi connectivity index (χ2n) is 5.49. The van der Waals surface area contributed by atoms with Crippen molar-refractivity contribution in [3.63, 3.8) is 0 Å². The zero-order chi connectivity index (χ0) is 18.4. The molecule has 0 aliphatic carbocycles. The van der Waals surface area contributed by atoms with E-state index in [4.69, 9.17) is 0 Å². The number of aromatic nitrogens is 1. The van der Waals surface area contributed by atoms with Crippen LogP contribution in [0.15, 0.2) is 47.2 Å². The maximum Gasteiger partial charge on any atom is 0.231 e. The first-order valence-corrected chi connectivity index (χ1v) is 9.63. The molecule has 0 bridgehead atoms. The summed E-state index contributed by atoms with van der Waals surface area (Å²) in [6.45, 7) is 0.125. The lowest BCUT2D eigenvalue weighted by Crippen LogP contribution is -2.25. The minimum Gasteiger partial charge on any atom is -0.352 e. The van der Waals surface area contributed by atoms with Crippen molar-refractivity contribution < 1.29 is 14.0 Å². The Kier molecular flexibility index (Phi) is 6.08. The van der Waals surface area contributed by atoms with Crippen molar-refractivity contribution in [3.05, 3.63) is 69.1 Å². The molecule has 2 heterocycles. The van der Waals surface area contributed by atoms with E-state index in [1.54, 1.807) is 23.6 Å². The van der Waals surface area contributed by atoms with Gasteiger partial charge in [-0.05, 0) is 17.5 Å². The summed E-state index contributed by atoms with van der Waals surface area (Å²) in [6, 6.07) is 10.1. The Morgan fingerprint density at radius 1 is 1.04 bits per heavy atom. The van der Waals surface area contributed by atoms with Crippen LogP contribution in [0.1, 0.15) is 16.1 Å². The lowest BCUT2D eigenvalue weighted by molar-refractivity contribution is -0.120. The van der Waals surface area contributed by atoms with Crippen LogP contribution in [0.3, 0.4) is 0 Å². The van der Waals surface area contributed by atoms with Crippen molar-refractivity contribution in [2.75, 3.05) is 5.32 Å². The van der Waals surface area contributed by atoms with Crippen LogP contribution in [-0.4, -0.2) is 16.8 Å². The number of hydrogen-bond acceptors (Lipinski definition) is 5. The van der Waals surface area contributed by atoms with E-state index in [1.807, 2.05) is 17.5 Å². The van der Waals surface area contributed by atoms with Crippen LogP contribution in [0, 0.1) is 5.82 Å². The number of rotatable bonds is 7. The third kappa shape index (κ3) is 5.21. The number of thiophene rings is 1. The molecule has 0 fully saturated rings. The van der Waals surface area contributed by atoms with E-state index < -0.39 is 0 Å². The van der Waals surface area contributed by atoms with Crippen LogP contribution in [0.25, 0.3) is 0 Å². The van der Waals surface area contributed by atoms with Gasteiger partial charge in [-0.2, -0.15) is 0 Å². The summed E-state index contributed by atoms with van der Waals surface area (Å²) < 4.78 is 13.5. The molecule has 2 aromatic heterocycles. The molecule has 0 aliphatic heterocycles. The SMILES string of the molecule is O=C(Cc1csc(NC(=O)Cc2cccs2)n1)NCc1ccccc1F. The smallest absolute Gasteiger partial charge is 0.231 e. The number of nitrogens with one attached hydrogen (secondary N) is 2. The number of benzene rings is 1. The molecule has 2 N–H and O–H groups in total. The first kappa shape index (κ1) is 18.2. The molecule has 2 amide bonds. The van der Waals surface area contributed by atoms with Crippen LogP contribution in [0.5, 0.6) is 0 Å². The maximum atomic E-state index is 13.5. The Morgan fingerprint density at radius 2 is 1.88 bits per heavy atom. The van der Waals surface area contributed by atoms with Crippen molar-refractivity contribution in [3.8, 4) is 0 Å². The van der Waals surface area contributed by atoms with E-state index in [1.165, 1.54) is 28.7 Å². The molecular weight excluding hydrogens is 373 g/mol. The zero-order valence-corrected chi connectivity index (χ0v) is 15.3. The number of hydrogen-bond donors (Lipinski definition) is 2. The Morgan fingerprint density at radius 3 is 2.65 bits per heavy atom. The highest BCUT2D eigenvalue weighted by atomic mass is 32.1. The van der Waals surface area contributed by atoms with Gasteiger partial charge in [-0.15, -0.1) is 22.7 Å². The fourth-order valence-electron chi connectivity index (χ4n) is 2.24. The number of carbonyl (C=O) groups is 2. The molecular formula is C18H16FN3O2S2. The highest BCUT2D eigenvalue weighted by Crippen LogP contribution is 2.17. The minimum atomic E-state index is -0.350. The van der Waals surface area contributed by atoms with Crippen molar-refractivity contribution in [1.82, 2.24) is 10.3 Å². The molecule has 0 spiro atoms. The van der Waals surface area contributed by atoms with Crippen LogP contribution >= 0.6 is 22.7 Å². The Hall–Kier alpha value is -2.58. The van der Waals surface area contributed by atoms with Crippen LogP contribution in [0.2, 0.25) is 0 Å². The van der Waals surface area contributed by atoms with Crippen LogP contribution < -0.4 is 10.6 Å². The van der Waals surface area contributed by atoms with E-state index in [-0.39, 0.29) is 30.6 Å². The number of thiazole rings is 1. The average Bonchev–Trinajstić information content (AvgIpc) is 3.26. The lowest BCUT2D eigenvalue weighted by Gasteiger charge is -2.05. The monoisotopic (exact) mass is 389 g/mol. The van der Waals surface area contributed by atoms with E-state index in [0.29, 0.717) is 22.8 Å². The number of anilines is 1. The summed E-state index contributed by atoms with van der Waals surface area (Å²) >= 11 is 2.79. The average molecular weight is 389 g/mol. The topological polar surface area (TPSA) is 71.1 Å². The molecule has 0 unspecified atom stereocenters. The molecule has 0 saturated heterocycles. The molecule has 0 radical (unpaired) electrons. The lowest BCUT2D eigenvalue weighted by atomic mass is 10.2. The molecule has 0 atom stereocenters. The zero-order valence-electron chi connectivity index (χ0n) is 13.7. The summed E-state index contributed by atoms with van der Waals surface area (Å²) in [5.41, 5.74) is 0.994. The second kappa shape index (κ2) is 8.68. The maximum absolute atomic E-state index is 13.5. The molecule has 3 rings (SSSR count). The van der Waals surface area contributed by atoms with Gasteiger partial charge in [0.2, 0.25) is 11.8 Å². The van der Waals surface area contributed by atoms with Gasteiger partial charge >= 0.3 is 0 Å². The quantitative estimate of drug-likeness (QED) is 0.651. The molecule has 0 aliphatic rings. The third-order valence-corrected chi connectivity index (χ3v) is 5.17. The molecule has 0 saturated carbocycles. The van der Waals surface area contributed by atoms with Crippen LogP contribution in [-0.2, 0) is 29.0 Å². The van der Waals surface area contributed by atoms with Gasteiger partial charge in [-0.1, -0.05) is 24.3 Å². The van der Waals surface area contributed by atoms with E-state index in [9.17, 15) is 14.0 Å². The van der Waals surface area contributed by atoms with E-state index in [0.717, 1.165) is 4.88 Å². The number of carbonyl (C=O) groups excluding carboxylic acids is 2. The van der Waals surface area contributed by atoms with E-state index >= 15 is 0 Å². The predicted octanol–water partition coefficient (Wildman–Crippen LogP) is 3.38.